The van der Waals surface area contributed by atoms with Gasteiger partial charge in [0.15, 0.2) is 0 Å². The van der Waals surface area contributed by atoms with E-state index >= 15 is 0 Å². The standard InChI is InChI=1S/C15H18N2O/c1-2-16-9-14-10-18-15(17-14)13-7-6-11-4-3-5-12(11)8-13/h6-8,10,16H,2-5,9H2,1H3. The molecule has 0 saturated heterocycles. The molecular formula is C15H18N2O. The van der Waals surface area contributed by atoms with E-state index in [-0.39, 0.29) is 0 Å². The summed E-state index contributed by atoms with van der Waals surface area (Å²) in [4.78, 5) is 4.51. The number of nitrogens with zero attached hydrogens (tertiary/aromatic N) is 1. The Labute approximate surface area is 107 Å². The van der Waals surface area contributed by atoms with Crippen LogP contribution in [0.1, 0.15) is 30.2 Å². The van der Waals surface area contributed by atoms with Crippen molar-refractivity contribution in [2.75, 3.05) is 6.54 Å². The topological polar surface area (TPSA) is 38.1 Å². The quantitative estimate of drug-likeness (QED) is 0.895. The van der Waals surface area contributed by atoms with Gasteiger partial charge in [-0.25, -0.2) is 4.98 Å². The van der Waals surface area contributed by atoms with Gasteiger partial charge in [-0.2, -0.15) is 0 Å². The minimum absolute atomic E-state index is 0.734. The molecule has 2 aromatic rings. The lowest BCUT2D eigenvalue weighted by Crippen LogP contribution is -2.11. The van der Waals surface area contributed by atoms with E-state index in [4.69, 9.17) is 4.42 Å². The van der Waals surface area contributed by atoms with Crippen LogP contribution in [0, 0.1) is 0 Å². The van der Waals surface area contributed by atoms with E-state index in [1.807, 2.05) is 0 Å². The zero-order valence-electron chi connectivity index (χ0n) is 10.7. The highest BCUT2D eigenvalue weighted by Gasteiger charge is 2.13. The molecule has 0 amide bonds. The average Bonchev–Trinajstić information content (AvgIpc) is 3.04. The molecule has 94 valence electrons. The summed E-state index contributed by atoms with van der Waals surface area (Å²) in [5.74, 6) is 0.734. The Morgan fingerprint density at radius 1 is 1.28 bits per heavy atom. The average molecular weight is 242 g/mol. The maximum Gasteiger partial charge on any atom is 0.226 e. The Hall–Kier alpha value is -1.61. The molecule has 0 unspecified atom stereocenters. The van der Waals surface area contributed by atoms with Gasteiger partial charge in [0.05, 0.1) is 5.69 Å². The molecule has 18 heavy (non-hydrogen) atoms. The molecule has 1 N–H and O–H groups in total. The van der Waals surface area contributed by atoms with Crippen molar-refractivity contribution in [3.63, 3.8) is 0 Å². The van der Waals surface area contributed by atoms with Gasteiger partial charge in [0.2, 0.25) is 5.89 Å². The SMILES string of the molecule is CCNCc1coc(-c2ccc3c(c2)CCC3)n1. The molecule has 3 heteroatoms. The molecular weight excluding hydrogens is 224 g/mol. The first-order chi connectivity index (χ1) is 8.86. The van der Waals surface area contributed by atoms with Crippen LogP contribution in [0.3, 0.4) is 0 Å². The summed E-state index contributed by atoms with van der Waals surface area (Å²) < 4.78 is 5.56. The van der Waals surface area contributed by atoms with E-state index < -0.39 is 0 Å². The Morgan fingerprint density at radius 3 is 3.06 bits per heavy atom. The fraction of sp³-hybridized carbons (Fsp3) is 0.400. The smallest absolute Gasteiger partial charge is 0.226 e. The zero-order chi connectivity index (χ0) is 12.4. The summed E-state index contributed by atoms with van der Waals surface area (Å²) in [5, 5.41) is 3.25. The van der Waals surface area contributed by atoms with Crippen LogP contribution in [0.5, 0.6) is 0 Å². The van der Waals surface area contributed by atoms with Gasteiger partial charge in [-0.05, 0) is 49.1 Å². The summed E-state index contributed by atoms with van der Waals surface area (Å²) in [5.41, 5.74) is 5.00. The third-order valence-corrected chi connectivity index (χ3v) is 3.45. The van der Waals surface area contributed by atoms with Crippen molar-refractivity contribution in [2.45, 2.75) is 32.7 Å². The van der Waals surface area contributed by atoms with E-state index in [2.05, 4.69) is 35.4 Å². The molecule has 1 aliphatic rings. The van der Waals surface area contributed by atoms with E-state index in [9.17, 15) is 0 Å². The van der Waals surface area contributed by atoms with E-state index in [0.717, 1.165) is 30.2 Å². The lowest BCUT2D eigenvalue weighted by atomic mass is 10.1. The maximum absolute atomic E-state index is 5.56. The molecule has 0 saturated carbocycles. The van der Waals surface area contributed by atoms with Gasteiger partial charge in [0.25, 0.3) is 0 Å². The lowest BCUT2D eigenvalue weighted by molar-refractivity contribution is 0.570. The predicted molar refractivity (Wildman–Crippen MR) is 71.3 cm³/mol. The van der Waals surface area contributed by atoms with Crippen LogP contribution in [-0.2, 0) is 19.4 Å². The summed E-state index contributed by atoms with van der Waals surface area (Å²) in [7, 11) is 0. The highest BCUT2D eigenvalue weighted by Crippen LogP contribution is 2.27. The summed E-state index contributed by atoms with van der Waals surface area (Å²) >= 11 is 0. The van der Waals surface area contributed by atoms with Gasteiger partial charge >= 0.3 is 0 Å². The van der Waals surface area contributed by atoms with E-state index in [1.165, 1.54) is 30.4 Å². The zero-order valence-corrected chi connectivity index (χ0v) is 10.7. The van der Waals surface area contributed by atoms with Crippen molar-refractivity contribution in [1.82, 2.24) is 10.3 Å². The van der Waals surface area contributed by atoms with Crippen molar-refractivity contribution < 1.29 is 4.42 Å². The molecule has 0 bridgehead atoms. The van der Waals surface area contributed by atoms with Crippen molar-refractivity contribution >= 4 is 0 Å². The molecule has 0 spiro atoms. The molecule has 3 nitrogen and oxygen atoms in total. The molecule has 1 heterocycles. The molecule has 3 rings (SSSR count). The number of aryl methyl sites for hydroxylation is 2. The van der Waals surface area contributed by atoms with Crippen molar-refractivity contribution in [2.24, 2.45) is 0 Å². The number of aromatic nitrogens is 1. The fourth-order valence-corrected chi connectivity index (χ4v) is 2.48. The van der Waals surface area contributed by atoms with Crippen LogP contribution < -0.4 is 5.32 Å². The number of rotatable bonds is 4. The number of benzene rings is 1. The molecule has 0 aliphatic heterocycles. The largest absolute Gasteiger partial charge is 0.444 e. The molecule has 1 aliphatic carbocycles. The first-order valence-corrected chi connectivity index (χ1v) is 6.64. The first-order valence-electron chi connectivity index (χ1n) is 6.64. The van der Waals surface area contributed by atoms with Gasteiger partial charge in [-0.1, -0.05) is 13.0 Å². The molecule has 1 aromatic carbocycles. The van der Waals surface area contributed by atoms with E-state index in [0.29, 0.717) is 0 Å². The maximum atomic E-state index is 5.56. The van der Waals surface area contributed by atoms with Crippen LogP contribution in [0.2, 0.25) is 0 Å². The summed E-state index contributed by atoms with van der Waals surface area (Å²) in [6.07, 6.45) is 5.42. The Bertz CT molecular complexity index is 545. The van der Waals surface area contributed by atoms with Gasteiger partial charge in [0, 0.05) is 12.1 Å². The Kier molecular flexibility index (Phi) is 3.15. The van der Waals surface area contributed by atoms with Gasteiger partial charge in [-0.15, -0.1) is 0 Å². The Morgan fingerprint density at radius 2 is 2.17 bits per heavy atom. The van der Waals surface area contributed by atoms with Crippen LogP contribution in [0.25, 0.3) is 11.5 Å². The fourth-order valence-electron chi connectivity index (χ4n) is 2.48. The number of fused-ring (bicyclic) bond motifs is 1. The summed E-state index contributed by atoms with van der Waals surface area (Å²) in [6, 6.07) is 6.56. The number of nitrogens with one attached hydrogen (secondary N) is 1. The van der Waals surface area contributed by atoms with Crippen LogP contribution in [0.15, 0.2) is 28.9 Å². The lowest BCUT2D eigenvalue weighted by Gasteiger charge is -2.01. The van der Waals surface area contributed by atoms with Crippen molar-refractivity contribution in [3.8, 4) is 11.5 Å². The monoisotopic (exact) mass is 242 g/mol. The molecule has 0 radical (unpaired) electrons. The summed E-state index contributed by atoms with van der Waals surface area (Å²) in [6.45, 7) is 3.80. The third-order valence-electron chi connectivity index (χ3n) is 3.45. The Balaban J connectivity index is 1.83. The normalized spacial score (nSPS) is 13.8. The second-order valence-corrected chi connectivity index (χ2v) is 4.76. The van der Waals surface area contributed by atoms with Crippen molar-refractivity contribution in [3.05, 3.63) is 41.3 Å². The van der Waals surface area contributed by atoms with Gasteiger partial charge in [0.1, 0.15) is 6.26 Å². The minimum atomic E-state index is 0.734. The highest BCUT2D eigenvalue weighted by molar-refractivity contribution is 5.56. The second kappa shape index (κ2) is 4.94. The van der Waals surface area contributed by atoms with Crippen molar-refractivity contribution in [1.29, 1.82) is 0 Å². The number of hydrogen-bond acceptors (Lipinski definition) is 3. The van der Waals surface area contributed by atoms with Gasteiger partial charge in [-0.3, -0.25) is 0 Å². The molecule has 0 atom stereocenters. The molecule has 0 fully saturated rings. The number of hydrogen-bond donors (Lipinski definition) is 1. The van der Waals surface area contributed by atoms with E-state index in [1.54, 1.807) is 6.26 Å². The number of oxazole rings is 1. The van der Waals surface area contributed by atoms with Crippen LogP contribution in [0.4, 0.5) is 0 Å². The predicted octanol–water partition coefficient (Wildman–Crippen LogP) is 2.94. The van der Waals surface area contributed by atoms with Crippen LogP contribution >= 0.6 is 0 Å². The second-order valence-electron chi connectivity index (χ2n) is 4.76. The van der Waals surface area contributed by atoms with Crippen LogP contribution in [-0.4, -0.2) is 11.5 Å². The van der Waals surface area contributed by atoms with Gasteiger partial charge < -0.3 is 9.73 Å². The first kappa shape index (κ1) is 11.5. The highest BCUT2D eigenvalue weighted by atomic mass is 16.3. The molecule has 1 aromatic heterocycles. The minimum Gasteiger partial charge on any atom is -0.444 e. The third kappa shape index (κ3) is 2.18.